The highest BCUT2D eigenvalue weighted by molar-refractivity contribution is 5.68. The molecule has 0 unspecified atom stereocenters. The van der Waals surface area contributed by atoms with Gasteiger partial charge in [-0.15, -0.1) is 0 Å². The van der Waals surface area contributed by atoms with Crippen molar-refractivity contribution in [3.8, 4) is 0 Å². The van der Waals surface area contributed by atoms with E-state index < -0.39 is 0 Å². The molecule has 0 aliphatic heterocycles. The molecule has 1 rings (SSSR count). The molecule has 3 heteroatoms. The Balaban J connectivity index is 1.88. The molecular weight excluding hydrogens is 276 g/mol. The van der Waals surface area contributed by atoms with E-state index in [2.05, 4.69) is 23.8 Å². The van der Waals surface area contributed by atoms with Crippen LogP contribution in [-0.4, -0.2) is 13.1 Å². The second kappa shape index (κ2) is 12.3. The van der Waals surface area contributed by atoms with Gasteiger partial charge >= 0.3 is 5.97 Å². The van der Waals surface area contributed by atoms with E-state index in [1.54, 1.807) is 0 Å². The van der Waals surface area contributed by atoms with Gasteiger partial charge in [0.25, 0.3) is 0 Å². The van der Waals surface area contributed by atoms with E-state index in [0.29, 0.717) is 6.42 Å². The topological polar surface area (TPSA) is 39.4 Å². The Morgan fingerprint density at radius 2 is 1.45 bits per heavy atom. The normalized spacial score (nSPS) is 10.8. The van der Waals surface area contributed by atoms with Crippen LogP contribution in [0.3, 0.4) is 0 Å². The maximum absolute atomic E-state index is 10.9. The first-order chi connectivity index (χ1) is 10.8. The number of aryl methyl sites for hydroxylation is 2. The molecule has 0 saturated heterocycles. The monoisotopic (exact) mass is 308 g/mol. The van der Waals surface area contributed by atoms with Crippen molar-refractivity contribution in [3.05, 3.63) is 23.7 Å². The molecule has 1 heterocycles. The molecule has 0 aromatic carbocycles. The number of hydrogen-bond acceptors (Lipinski definition) is 3. The predicted molar refractivity (Wildman–Crippen MR) is 90.0 cm³/mol. The minimum Gasteiger partial charge on any atom is -0.469 e. The molecule has 0 amide bonds. The van der Waals surface area contributed by atoms with Gasteiger partial charge in [0.2, 0.25) is 0 Å². The number of esters is 1. The summed E-state index contributed by atoms with van der Waals surface area (Å²) in [4.78, 5) is 10.9. The summed E-state index contributed by atoms with van der Waals surface area (Å²) in [5.41, 5.74) is 0. The number of methoxy groups -OCH3 is 1. The number of ether oxygens (including phenoxy) is 1. The Hall–Kier alpha value is -1.25. The molecule has 0 spiro atoms. The Morgan fingerprint density at radius 3 is 2.05 bits per heavy atom. The lowest BCUT2D eigenvalue weighted by Gasteiger charge is -2.02. The summed E-state index contributed by atoms with van der Waals surface area (Å²) in [7, 11) is 1.45. The van der Waals surface area contributed by atoms with Gasteiger partial charge in [-0.25, -0.2) is 0 Å². The third-order valence-corrected chi connectivity index (χ3v) is 4.00. The maximum Gasteiger partial charge on any atom is 0.305 e. The highest BCUT2D eigenvalue weighted by atomic mass is 16.5. The van der Waals surface area contributed by atoms with E-state index in [0.717, 1.165) is 43.6 Å². The fourth-order valence-electron chi connectivity index (χ4n) is 2.67. The van der Waals surface area contributed by atoms with Crippen molar-refractivity contribution in [2.45, 2.75) is 84.0 Å². The average molecular weight is 308 g/mol. The van der Waals surface area contributed by atoms with Crippen LogP contribution in [0.5, 0.6) is 0 Å². The zero-order valence-corrected chi connectivity index (χ0v) is 14.4. The minimum atomic E-state index is -0.0833. The summed E-state index contributed by atoms with van der Waals surface area (Å²) < 4.78 is 10.4. The summed E-state index contributed by atoms with van der Waals surface area (Å²) >= 11 is 0. The molecule has 22 heavy (non-hydrogen) atoms. The van der Waals surface area contributed by atoms with E-state index in [1.165, 1.54) is 45.6 Å². The van der Waals surface area contributed by atoms with Crippen LogP contribution in [0.2, 0.25) is 0 Å². The Bertz CT molecular complexity index is 395. The second-order valence-electron chi connectivity index (χ2n) is 6.02. The highest BCUT2D eigenvalue weighted by Crippen LogP contribution is 2.15. The molecule has 0 fully saturated rings. The standard InChI is InChI=1S/C19H32O3/c1-3-12-17-15-16-18(22-17)13-10-8-6-4-5-7-9-11-14-19(20)21-2/h15-16H,3-14H2,1-2H3. The van der Waals surface area contributed by atoms with Crippen molar-refractivity contribution >= 4 is 5.97 Å². The molecule has 0 radical (unpaired) electrons. The van der Waals surface area contributed by atoms with Crippen LogP contribution in [0.4, 0.5) is 0 Å². The summed E-state index contributed by atoms with van der Waals surface area (Å²) in [5, 5.41) is 0. The quantitative estimate of drug-likeness (QED) is 0.359. The lowest BCUT2D eigenvalue weighted by atomic mass is 10.1. The smallest absolute Gasteiger partial charge is 0.305 e. The van der Waals surface area contributed by atoms with Crippen LogP contribution in [-0.2, 0) is 22.4 Å². The number of carbonyl (C=O) groups excluding carboxylic acids is 1. The first kappa shape index (κ1) is 18.8. The number of furan rings is 1. The maximum atomic E-state index is 10.9. The SMILES string of the molecule is CCCc1ccc(CCCCCCCCCCC(=O)OC)o1. The molecule has 0 atom stereocenters. The van der Waals surface area contributed by atoms with E-state index in [4.69, 9.17) is 4.42 Å². The Labute approximate surface area is 135 Å². The van der Waals surface area contributed by atoms with E-state index >= 15 is 0 Å². The average Bonchev–Trinajstić information content (AvgIpc) is 2.96. The van der Waals surface area contributed by atoms with Crippen LogP contribution in [0, 0.1) is 0 Å². The van der Waals surface area contributed by atoms with E-state index in [9.17, 15) is 4.79 Å². The highest BCUT2D eigenvalue weighted by Gasteiger charge is 2.02. The predicted octanol–water partition coefficient (Wildman–Crippen LogP) is 5.46. The fourth-order valence-corrected chi connectivity index (χ4v) is 2.67. The molecule has 3 nitrogen and oxygen atoms in total. The van der Waals surface area contributed by atoms with Crippen molar-refractivity contribution in [1.82, 2.24) is 0 Å². The third kappa shape index (κ3) is 8.91. The van der Waals surface area contributed by atoms with Gasteiger partial charge in [-0.2, -0.15) is 0 Å². The van der Waals surface area contributed by atoms with Crippen LogP contribution < -0.4 is 0 Å². The van der Waals surface area contributed by atoms with Gasteiger partial charge in [-0.1, -0.05) is 45.4 Å². The van der Waals surface area contributed by atoms with Crippen molar-refractivity contribution in [2.75, 3.05) is 7.11 Å². The number of rotatable bonds is 13. The van der Waals surface area contributed by atoms with Crippen LogP contribution in [0.15, 0.2) is 16.5 Å². The molecule has 1 aromatic heterocycles. The first-order valence-corrected chi connectivity index (χ1v) is 8.90. The molecule has 126 valence electrons. The lowest BCUT2D eigenvalue weighted by Crippen LogP contribution is -1.99. The van der Waals surface area contributed by atoms with Gasteiger partial charge in [-0.05, 0) is 31.4 Å². The lowest BCUT2D eigenvalue weighted by molar-refractivity contribution is -0.140. The molecule has 0 saturated carbocycles. The van der Waals surface area contributed by atoms with Gasteiger partial charge in [0, 0.05) is 19.3 Å². The third-order valence-electron chi connectivity index (χ3n) is 4.00. The molecular formula is C19H32O3. The van der Waals surface area contributed by atoms with Crippen molar-refractivity contribution in [3.63, 3.8) is 0 Å². The van der Waals surface area contributed by atoms with Crippen LogP contribution >= 0.6 is 0 Å². The molecule has 0 N–H and O–H groups in total. The molecule has 0 bridgehead atoms. The summed E-state index contributed by atoms with van der Waals surface area (Å²) in [6.07, 6.45) is 13.6. The van der Waals surface area contributed by atoms with Gasteiger partial charge in [0.15, 0.2) is 0 Å². The zero-order valence-electron chi connectivity index (χ0n) is 14.4. The first-order valence-electron chi connectivity index (χ1n) is 8.90. The molecule has 0 aliphatic carbocycles. The Morgan fingerprint density at radius 1 is 0.909 bits per heavy atom. The summed E-state index contributed by atoms with van der Waals surface area (Å²) in [5.74, 6) is 2.19. The minimum absolute atomic E-state index is 0.0833. The van der Waals surface area contributed by atoms with Crippen LogP contribution in [0.1, 0.15) is 82.7 Å². The molecule has 1 aromatic rings. The van der Waals surface area contributed by atoms with Crippen molar-refractivity contribution in [2.24, 2.45) is 0 Å². The van der Waals surface area contributed by atoms with Gasteiger partial charge in [-0.3, -0.25) is 4.79 Å². The van der Waals surface area contributed by atoms with Crippen molar-refractivity contribution in [1.29, 1.82) is 0 Å². The van der Waals surface area contributed by atoms with E-state index in [1.807, 2.05) is 0 Å². The van der Waals surface area contributed by atoms with Crippen LogP contribution in [0.25, 0.3) is 0 Å². The number of hydrogen-bond donors (Lipinski definition) is 0. The fraction of sp³-hybridized carbons (Fsp3) is 0.737. The second-order valence-corrected chi connectivity index (χ2v) is 6.02. The molecule has 0 aliphatic rings. The number of carbonyl (C=O) groups is 1. The van der Waals surface area contributed by atoms with E-state index in [-0.39, 0.29) is 5.97 Å². The van der Waals surface area contributed by atoms with Crippen molar-refractivity contribution < 1.29 is 13.9 Å². The largest absolute Gasteiger partial charge is 0.469 e. The summed E-state index contributed by atoms with van der Waals surface area (Å²) in [6.45, 7) is 2.18. The van der Waals surface area contributed by atoms with Gasteiger partial charge in [0.1, 0.15) is 11.5 Å². The van der Waals surface area contributed by atoms with Gasteiger partial charge in [0.05, 0.1) is 7.11 Å². The summed E-state index contributed by atoms with van der Waals surface area (Å²) in [6, 6.07) is 4.25. The Kier molecular flexibility index (Phi) is 10.5. The number of unbranched alkanes of at least 4 members (excludes halogenated alkanes) is 7. The zero-order chi connectivity index (χ0) is 16.0. The van der Waals surface area contributed by atoms with Gasteiger partial charge < -0.3 is 9.15 Å².